The predicted octanol–water partition coefficient (Wildman–Crippen LogP) is 1.88. The van der Waals surface area contributed by atoms with Gasteiger partial charge in [-0.05, 0) is 30.6 Å². The van der Waals surface area contributed by atoms with Gasteiger partial charge in [0.1, 0.15) is 10.7 Å². The zero-order chi connectivity index (χ0) is 16.6. The number of nitrogens with one attached hydrogen (secondary N) is 1. The van der Waals surface area contributed by atoms with Crippen molar-refractivity contribution in [2.45, 2.75) is 19.1 Å². The van der Waals surface area contributed by atoms with Crippen LogP contribution in [0.4, 0.5) is 19.0 Å². The zero-order valence-electron chi connectivity index (χ0n) is 12.0. The third kappa shape index (κ3) is 3.26. The molecular weight excluding hydrogens is 331 g/mol. The third-order valence-electron chi connectivity index (χ3n) is 3.47. The summed E-state index contributed by atoms with van der Waals surface area (Å²) in [6, 6.07) is 1.80. The van der Waals surface area contributed by atoms with Crippen molar-refractivity contribution in [3.63, 3.8) is 0 Å². The molecule has 2 aromatic rings. The fraction of sp³-hybridized carbons (Fsp3) is 0.385. The van der Waals surface area contributed by atoms with E-state index < -0.39 is 11.7 Å². The van der Waals surface area contributed by atoms with Crippen molar-refractivity contribution in [2.24, 2.45) is 0 Å². The van der Waals surface area contributed by atoms with Crippen LogP contribution in [0.15, 0.2) is 18.3 Å². The molecule has 6 nitrogen and oxygen atoms in total. The summed E-state index contributed by atoms with van der Waals surface area (Å²) in [6.07, 6.45) is -3.26. The lowest BCUT2D eigenvalue weighted by Crippen LogP contribution is -2.59. The number of rotatable bonds is 3. The fourth-order valence-corrected chi connectivity index (χ4v) is 2.77. The monoisotopic (exact) mass is 343 g/mol. The van der Waals surface area contributed by atoms with E-state index in [2.05, 4.69) is 19.9 Å². The quantitative estimate of drug-likeness (QED) is 0.921. The van der Waals surface area contributed by atoms with Gasteiger partial charge in [-0.25, -0.2) is 4.98 Å². The van der Waals surface area contributed by atoms with Crippen LogP contribution in [0.1, 0.15) is 20.9 Å². The molecule has 0 atom stereocenters. The van der Waals surface area contributed by atoms with Crippen LogP contribution in [-0.2, 0) is 6.18 Å². The second-order valence-corrected chi connectivity index (χ2v) is 5.92. The van der Waals surface area contributed by atoms with Gasteiger partial charge < -0.3 is 10.2 Å². The second-order valence-electron chi connectivity index (χ2n) is 5.16. The molecule has 0 saturated carbocycles. The van der Waals surface area contributed by atoms with Crippen LogP contribution in [0.5, 0.6) is 0 Å². The minimum absolute atomic E-state index is 0.139. The molecule has 1 aliphatic heterocycles. The van der Waals surface area contributed by atoms with Crippen LogP contribution >= 0.6 is 11.5 Å². The SMILES string of the molecule is Cc1nnsc1C(=O)NC1CN(c2cc(C(F)(F)F)ccn2)C1. The van der Waals surface area contributed by atoms with Gasteiger partial charge in [0.05, 0.1) is 17.3 Å². The Kier molecular flexibility index (Phi) is 3.92. The Hall–Kier alpha value is -2.23. The molecule has 1 aliphatic rings. The Bertz CT molecular complexity index is 726. The Labute approximate surface area is 133 Å². The summed E-state index contributed by atoms with van der Waals surface area (Å²) in [7, 11) is 0. The Balaban J connectivity index is 1.59. The first-order chi connectivity index (χ1) is 10.8. The molecule has 0 aromatic carbocycles. The number of pyridine rings is 1. The highest BCUT2D eigenvalue weighted by Crippen LogP contribution is 2.31. The number of hydrogen-bond donors (Lipinski definition) is 1. The van der Waals surface area contributed by atoms with Crippen LogP contribution < -0.4 is 10.2 Å². The first-order valence-corrected chi connectivity index (χ1v) is 7.50. The Morgan fingerprint density at radius 1 is 1.43 bits per heavy atom. The number of nitrogens with zero attached hydrogens (tertiary/aromatic N) is 4. The molecule has 10 heteroatoms. The molecule has 0 spiro atoms. The van der Waals surface area contributed by atoms with Gasteiger partial charge in [0.15, 0.2) is 0 Å². The molecule has 3 rings (SSSR count). The Morgan fingerprint density at radius 2 is 2.17 bits per heavy atom. The van der Waals surface area contributed by atoms with E-state index in [1.807, 2.05) is 0 Å². The predicted molar refractivity (Wildman–Crippen MR) is 77.4 cm³/mol. The number of amides is 1. The van der Waals surface area contributed by atoms with Crippen molar-refractivity contribution in [1.82, 2.24) is 19.9 Å². The number of anilines is 1. The number of halogens is 3. The van der Waals surface area contributed by atoms with Crippen LogP contribution in [0.25, 0.3) is 0 Å². The summed E-state index contributed by atoms with van der Waals surface area (Å²) in [5, 5.41) is 6.57. The van der Waals surface area contributed by atoms with E-state index in [0.29, 0.717) is 23.7 Å². The summed E-state index contributed by atoms with van der Waals surface area (Å²) < 4.78 is 41.7. The van der Waals surface area contributed by atoms with Crippen molar-refractivity contribution < 1.29 is 18.0 Å². The average Bonchev–Trinajstić information content (AvgIpc) is 2.87. The van der Waals surface area contributed by atoms with Gasteiger partial charge in [0.25, 0.3) is 5.91 Å². The number of aryl methyl sites for hydroxylation is 1. The van der Waals surface area contributed by atoms with Gasteiger partial charge in [-0.15, -0.1) is 5.10 Å². The van der Waals surface area contributed by atoms with Crippen LogP contribution in [0.3, 0.4) is 0 Å². The van der Waals surface area contributed by atoms with Crippen molar-refractivity contribution in [2.75, 3.05) is 18.0 Å². The Morgan fingerprint density at radius 3 is 2.78 bits per heavy atom. The summed E-state index contributed by atoms with van der Waals surface area (Å²) >= 11 is 1.01. The molecule has 23 heavy (non-hydrogen) atoms. The van der Waals surface area contributed by atoms with Crippen molar-refractivity contribution >= 4 is 23.3 Å². The molecule has 1 N–H and O–H groups in total. The molecule has 0 bridgehead atoms. The molecular formula is C13H12F3N5OS. The fourth-order valence-electron chi connectivity index (χ4n) is 2.22. The van der Waals surface area contributed by atoms with Gasteiger partial charge in [-0.1, -0.05) is 4.49 Å². The van der Waals surface area contributed by atoms with E-state index in [1.54, 1.807) is 11.8 Å². The minimum atomic E-state index is -4.40. The highest BCUT2D eigenvalue weighted by molar-refractivity contribution is 7.08. The normalized spacial score (nSPS) is 15.4. The van der Waals surface area contributed by atoms with E-state index in [0.717, 1.165) is 29.9 Å². The van der Waals surface area contributed by atoms with Crippen LogP contribution in [-0.4, -0.2) is 39.6 Å². The first-order valence-electron chi connectivity index (χ1n) is 6.72. The smallest absolute Gasteiger partial charge is 0.352 e. The number of carbonyl (C=O) groups excluding carboxylic acids is 1. The lowest BCUT2D eigenvalue weighted by molar-refractivity contribution is -0.137. The number of hydrogen-bond acceptors (Lipinski definition) is 6. The number of alkyl halides is 3. The summed E-state index contributed by atoms with van der Waals surface area (Å²) in [5.41, 5.74) is -0.176. The highest BCUT2D eigenvalue weighted by Gasteiger charge is 2.34. The molecule has 1 amide bonds. The summed E-state index contributed by atoms with van der Waals surface area (Å²) in [4.78, 5) is 18.1. The van der Waals surface area contributed by atoms with Crippen molar-refractivity contribution in [3.8, 4) is 0 Å². The maximum absolute atomic E-state index is 12.7. The molecule has 2 aromatic heterocycles. The average molecular weight is 343 g/mol. The van der Waals surface area contributed by atoms with Crippen molar-refractivity contribution in [3.05, 3.63) is 34.5 Å². The zero-order valence-corrected chi connectivity index (χ0v) is 12.8. The van der Waals surface area contributed by atoms with E-state index in [9.17, 15) is 18.0 Å². The molecule has 0 unspecified atom stereocenters. The molecule has 0 radical (unpaired) electrons. The first kappa shape index (κ1) is 15.7. The standard InChI is InChI=1S/C13H12F3N5OS/c1-7-11(23-20-19-7)12(22)18-9-5-21(6-9)10-4-8(2-3-17-10)13(14,15)16/h2-4,9H,5-6H2,1H3,(H,18,22). The number of carbonyl (C=O) groups is 1. The highest BCUT2D eigenvalue weighted by atomic mass is 32.1. The van der Waals surface area contributed by atoms with Gasteiger partial charge in [0, 0.05) is 19.3 Å². The van der Waals surface area contributed by atoms with Crippen LogP contribution in [0, 0.1) is 6.92 Å². The molecule has 1 saturated heterocycles. The van der Waals surface area contributed by atoms with E-state index >= 15 is 0 Å². The molecule has 122 valence electrons. The van der Waals surface area contributed by atoms with Gasteiger partial charge >= 0.3 is 6.18 Å². The maximum atomic E-state index is 12.7. The largest absolute Gasteiger partial charge is 0.416 e. The second kappa shape index (κ2) is 5.76. The molecule has 0 aliphatic carbocycles. The molecule has 3 heterocycles. The lowest BCUT2D eigenvalue weighted by Gasteiger charge is -2.40. The maximum Gasteiger partial charge on any atom is 0.416 e. The molecule has 1 fully saturated rings. The summed E-state index contributed by atoms with van der Waals surface area (Å²) in [6.45, 7) is 2.51. The van der Waals surface area contributed by atoms with Crippen LogP contribution in [0.2, 0.25) is 0 Å². The number of aromatic nitrogens is 3. The van der Waals surface area contributed by atoms with Gasteiger partial charge in [0.2, 0.25) is 0 Å². The van der Waals surface area contributed by atoms with Crippen molar-refractivity contribution in [1.29, 1.82) is 0 Å². The topological polar surface area (TPSA) is 71.0 Å². The van der Waals surface area contributed by atoms with E-state index in [1.165, 1.54) is 0 Å². The van der Waals surface area contributed by atoms with E-state index in [-0.39, 0.29) is 17.8 Å². The summed E-state index contributed by atoms with van der Waals surface area (Å²) in [5.74, 6) is -0.0138. The lowest BCUT2D eigenvalue weighted by atomic mass is 10.1. The van der Waals surface area contributed by atoms with Gasteiger partial charge in [-0.2, -0.15) is 13.2 Å². The van der Waals surface area contributed by atoms with Gasteiger partial charge in [-0.3, -0.25) is 4.79 Å². The van der Waals surface area contributed by atoms with E-state index in [4.69, 9.17) is 0 Å². The third-order valence-corrected chi connectivity index (χ3v) is 4.30. The minimum Gasteiger partial charge on any atom is -0.352 e.